The molecule has 2 aromatic rings. The van der Waals surface area contributed by atoms with Crippen LogP contribution in [0.5, 0.6) is 0 Å². The van der Waals surface area contributed by atoms with E-state index >= 15 is 0 Å². The van der Waals surface area contributed by atoms with Crippen molar-refractivity contribution in [2.45, 2.75) is 13.0 Å². The van der Waals surface area contributed by atoms with Gasteiger partial charge in [-0.1, -0.05) is 18.2 Å². The number of nitrogens with one attached hydrogen (secondary N) is 1. The van der Waals surface area contributed by atoms with Gasteiger partial charge in [0.1, 0.15) is 5.52 Å². The van der Waals surface area contributed by atoms with Crippen LogP contribution in [0.15, 0.2) is 18.2 Å². The van der Waals surface area contributed by atoms with Crippen LogP contribution in [0.3, 0.4) is 0 Å². The second-order valence-electron chi connectivity index (χ2n) is 5.09. The topological polar surface area (TPSA) is 87.3 Å². The first-order valence-electron chi connectivity index (χ1n) is 6.87. The second kappa shape index (κ2) is 5.22. The van der Waals surface area contributed by atoms with Crippen LogP contribution in [-0.4, -0.2) is 41.5 Å². The molecule has 1 aliphatic rings. The monoisotopic (exact) mass is 273 g/mol. The van der Waals surface area contributed by atoms with Crippen molar-refractivity contribution in [1.82, 2.24) is 15.5 Å². The van der Waals surface area contributed by atoms with Gasteiger partial charge >= 0.3 is 0 Å². The molecule has 0 saturated carbocycles. The third kappa shape index (κ3) is 2.17. The number of aliphatic hydroxyl groups is 1. The fourth-order valence-electron chi connectivity index (χ4n) is 2.71. The van der Waals surface area contributed by atoms with Gasteiger partial charge in [-0.15, -0.1) is 10.2 Å². The van der Waals surface area contributed by atoms with Crippen LogP contribution in [0.25, 0.3) is 10.9 Å². The number of benzene rings is 1. The first-order valence-corrected chi connectivity index (χ1v) is 6.87. The van der Waals surface area contributed by atoms with Crippen molar-refractivity contribution in [3.05, 3.63) is 23.8 Å². The summed E-state index contributed by atoms with van der Waals surface area (Å²) in [7, 11) is 0. The lowest BCUT2D eigenvalue weighted by molar-refractivity contribution is 0.200. The van der Waals surface area contributed by atoms with Crippen molar-refractivity contribution in [2.75, 3.05) is 36.8 Å². The minimum atomic E-state index is -0.576. The molecule has 0 aliphatic carbocycles. The Balaban J connectivity index is 2.19. The molecule has 0 amide bonds. The Morgan fingerprint density at radius 3 is 2.75 bits per heavy atom. The summed E-state index contributed by atoms with van der Waals surface area (Å²) in [5, 5.41) is 22.4. The summed E-state index contributed by atoms with van der Waals surface area (Å²) in [5.41, 5.74) is 8.49. The fourth-order valence-corrected chi connectivity index (χ4v) is 2.71. The van der Waals surface area contributed by atoms with E-state index in [2.05, 4.69) is 20.4 Å². The lowest BCUT2D eigenvalue weighted by atomic mass is 10.0. The molecule has 0 bridgehead atoms. The van der Waals surface area contributed by atoms with Crippen LogP contribution < -0.4 is 16.0 Å². The molecule has 1 aliphatic heterocycles. The van der Waals surface area contributed by atoms with Gasteiger partial charge < -0.3 is 21.1 Å². The molecule has 1 fully saturated rings. The smallest absolute Gasteiger partial charge is 0.170 e. The van der Waals surface area contributed by atoms with E-state index in [1.54, 1.807) is 6.92 Å². The number of rotatable bonds is 2. The number of hydrogen-bond acceptors (Lipinski definition) is 6. The van der Waals surface area contributed by atoms with E-state index in [4.69, 9.17) is 5.73 Å². The van der Waals surface area contributed by atoms with Gasteiger partial charge in [-0.25, -0.2) is 0 Å². The summed E-state index contributed by atoms with van der Waals surface area (Å²) in [6.07, 6.45) is -0.576. The van der Waals surface area contributed by atoms with Gasteiger partial charge in [0.15, 0.2) is 5.82 Å². The molecule has 4 N–H and O–H groups in total. The Labute approximate surface area is 117 Å². The maximum atomic E-state index is 9.87. The Kier molecular flexibility index (Phi) is 3.42. The van der Waals surface area contributed by atoms with Gasteiger partial charge in [-0.2, -0.15) is 0 Å². The largest absolute Gasteiger partial charge is 0.389 e. The predicted octanol–water partition coefficient (Wildman–Crippen LogP) is 0.675. The van der Waals surface area contributed by atoms with Crippen LogP contribution in [0, 0.1) is 0 Å². The Morgan fingerprint density at radius 1 is 1.30 bits per heavy atom. The molecule has 0 radical (unpaired) electrons. The van der Waals surface area contributed by atoms with Crippen molar-refractivity contribution in [2.24, 2.45) is 0 Å². The minimum absolute atomic E-state index is 0.446. The normalized spacial score (nSPS) is 17.4. The van der Waals surface area contributed by atoms with E-state index in [1.807, 2.05) is 18.2 Å². The molecule has 0 spiro atoms. The SMILES string of the molecule is C[C@@H](O)c1cccc2c(N3CCNCC3)c(N)nnc12. The number of aromatic nitrogens is 2. The molecule has 106 valence electrons. The fraction of sp³-hybridized carbons (Fsp3) is 0.429. The zero-order chi connectivity index (χ0) is 14.1. The van der Waals surface area contributed by atoms with E-state index in [-0.39, 0.29) is 0 Å². The van der Waals surface area contributed by atoms with Crippen molar-refractivity contribution < 1.29 is 5.11 Å². The van der Waals surface area contributed by atoms with Crippen molar-refractivity contribution in [3.8, 4) is 0 Å². The summed E-state index contributed by atoms with van der Waals surface area (Å²) in [6.45, 7) is 5.38. The zero-order valence-corrected chi connectivity index (χ0v) is 11.5. The summed E-state index contributed by atoms with van der Waals surface area (Å²) >= 11 is 0. The average Bonchev–Trinajstić information content (AvgIpc) is 2.47. The molecule has 1 saturated heterocycles. The highest BCUT2D eigenvalue weighted by Gasteiger charge is 2.19. The number of hydrogen-bond donors (Lipinski definition) is 3. The molecule has 3 rings (SSSR count). The molecule has 1 atom stereocenters. The van der Waals surface area contributed by atoms with Crippen molar-refractivity contribution in [1.29, 1.82) is 0 Å². The molecule has 0 unspecified atom stereocenters. The predicted molar refractivity (Wildman–Crippen MR) is 79.7 cm³/mol. The van der Waals surface area contributed by atoms with Gasteiger partial charge in [0.05, 0.1) is 11.8 Å². The van der Waals surface area contributed by atoms with Crippen molar-refractivity contribution >= 4 is 22.4 Å². The maximum absolute atomic E-state index is 9.87. The molecule has 1 aromatic carbocycles. The number of fused-ring (bicyclic) bond motifs is 1. The standard InChI is InChI=1S/C14H19N5O/c1-9(20)10-3-2-4-11-12(10)17-18-14(15)13(11)19-7-5-16-6-8-19/h2-4,9,16,20H,5-8H2,1H3,(H2,15,18)/t9-/m1/s1. The van der Waals surface area contributed by atoms with Gasteiger partial charge in [0, 0.05) is 37.1 Å². The lowest BCUT2D eigenvalue weighted by Crippen LogP contribution is -2.44. The Morgan fingerprint density at radius 2 is 2.05 bits per heavy atom. The number of piperazine rings is 1. The first-order chi connectivity index (χ1) is 9.68. The third-order valence-corrected chi connectivity index (χ3v) is 3.71. The van der Waals surface area contributed by atoms with Crippen LogP contribution in [-0.2, 0) is 0 Å². The molecule has 2 heterocycles. The highest BCUT2D eigenvalue weighted by atomic mass is 16.3. The number of nitrogens with two attached hydrogens (primary N) is 1. The highest BCUT2D eigenvalue weighted by Crippen LogP contribution is 2.33. The first kappa shape index (κ1) is 13.1. The summed E-state index contributed by atoms with van der Waals surface area (Å²) in [5.74, 6) is 0.446. The number of nitrogens with zero attached hydrogens (tertiary/aromatic N) is 3. The third-order valence-electron chi connectivity index (χ3n) is 3.71. The summed E-state index contributed by atoms with van der Waals surface area (Å²) in [6, 6.07) is 5.79. The summed E-state index contributed by atoms with van der Waals surface area (Å²) in [4.78, 5) is 2.23. The minimum Gasteiger partial charge on any atom is -0.389 e. The van der Waals surface area contributed by atoms with E-state index in [0.717, 1.165) is 48.3 Å². The van der Waals surface area contributed by atoms with Crippen LogP contribution in [0.2, 0.25) is 0 Å². The molecule has 20 heavy (non-hydrogen) atoms. The van der Waals surface area contributed by atoms with Crippen LogP contribution in [0.4, 0.5) is 11.5 Å². The number of anilines is 2. The zero-order valence-electron chi connectivity index (χ0n) is 11.5. The van der Waals surface area contributed by atoms with Crippen molar-refractivity contribution in [3.63, 3.8) is 0 Å². The Hall–Kier alpha value is -1.92. The lowest BCUT2D eigenvalue weighted by Gasteiger charge is -2.30. The van der Waals surface area contributed by atoms with Gasteiger partial charge in [0.25, 0.3) is 0 Å². The number of aliphatic hydroxyl groups excluding tert-OH is 1. The second-order valence-corrected chi connectivity index (χ2v) is 5.09. The average molecular weight is 273 g/mol. The van der Waals surface area contributed by atoms with Crippen LogP contribution in [0.1, 0.15) is 18.6 Å². The van der Waals surface area contributed by atoms with Gasteiger partial charge in [-0.05, 0) is 6.92 Å². The van der Waals surface area contributed by atoms with Gasteiger partial charge in [-0.3, -0.25) is 0 Å². The summed E-state index contributed by atoms with van der Waals surface area (Å²) < 4.78 is 0. The maximum Gasteiger partial charge on any atom is 0.170 e. The quantitative estimate of drug-likeness (QED) is 0.745. The van der Waals surface area contributed by atoms with E-state index < -0.39 is 6.10 Å². The molecule has 6 nitrogen and oxygen atoms in total. The number of nitrogen functional groups attached to an aromatic ring is 1. The van der Waals surface area contributed by atoms with E-state index in [1.165, 1.54) is 0 Å². The molecule has 6 heteroatoms. The molecular weight excluding hydrogens is 254 g/mol. The van der Waals surface area contributed by atoms with Crippen LogP contribution >= 0.6 is 0 Å². The molecule has 1 aromatic heterocycles. The van der Waals surface area contributed by atoms with E-state index in [0.29, 0.717) is 5.82 Å². The highest BCUT2D eigenvalue weighted by molar-refractivity contribution is 5.97. The molecular formula is C14H19N5O. The van der Waals surface area contributed by atoms with Gasteiger partial charge in [0.2, 0.25) is 0 Å². The Bertz CT molecular complexity index is 622. The van der Waals surface area contributed by atoms with E-state index in [9.17, 15) is 5.11 Å².